The molecule has 0 saturated carbocycles. The van der Waals surface area contributed by atoms with Crippen LogP contribution in [0.5, 0.6) is 0 Å². The molecule has 3 aromatic rings. The molecule has 0 amide bonds. The lowest BCUT2D eigenvalue weighted by molar-refractivity contribution is 0.470. The van der Waals surface area contributed by atoms with E-state index in [9.17, 15) is 0 Å². The predicted molar refractivity (Wildman–Crippen MR) is 92.8 cm³/mol. The Morgan fingerprint density at radius 3 is 3.00 bits per heavy atom. The van der Waals surface area contributed by atoms with E-state index in [1.807, 2.05) is 6.07 Å². The minimum atomic E-state index is 0.496. The number of aromatic nitrogens is 5. The van der Waals surface area contributed by atoms with Crippen molar-refractivity contribution in [3.63, 3.8) is 0 Å². The molecule has 24 heavy (non-hydrogen) atoms. The Bertz CT molecular complexity index is 946. The number of fused-ring (bicyclic) bond motifs is 2. The molecule has 0 bridgehead atoms. The minimum Gasteiger partial charge on any atom is -0.382 e. The van der Waals surface area contributed by atoms with Gasteiger partial charge >= 0.3 is 0 Å². The van der Waals surface area contributed by atoms with Crippen molar-refractivity contribution in [1.29, 1.82) is 0 Å². The third kappa shape index (κ3) is 1.90. The highest BCUT2D eigenvalue weighted by atomic mass is 15.3. The lowest BCUT2D eigenvalue weighted by atomic mass is 10.1. The first-order valence-electron chi connectivity index (χ1n) is 8.47. The number of H-pyrrole nitrogens is 1. The molecule has 3 N–H and O–H groups in total. The highest BCUT2D eigenvalue weighted by molar-refractivity contribution is 5.90. The summed E-state index contributed by atoms with van der Waals surface area (Å²) in [4.78, 5) is 16.6. The first kappa shape index (κ1) is 13.7. The zero-order valence-electron chi connectivity index (χ0n) is 13.6. The van der Waals surface area contributed by atoms with Crippen LogP contribution in [0, 0.1) is 0 Å². The van der Waals surface area contributed by atoms with Crippen LogP contribution in [0.3, 0.4) is 0 Å². The van der Waals surface area contributed by atoms with Gasteiger partial charge in [0, 0.05) is 29.2 Å². The van der Waals surface area contributed by atoms with Gasteiger partial charge in [0.2, 0.25) is 5.95 Å². The Morgan fingerprint density at radius 2 is 2.21 bits per heavy atom. The summed E-state index contributed by atoms with van der Waals surface area (Å²) in [6.07, 6.45) is 6.15. The van der Waals surface area contributed by atoms with Gasteiger partial charge in [-0.1, -0.05) is 0 Å². The number of hydrogen-bond acceptors (Lipinski definition) is 6. The van der Waals surface area contributed by atoms with E-state index < -0.39 is 0 Å². The average Bonchev–Trinajstić information content (AvgIpc) is 3.19. The second-order valence-electron chi connectivity index (χ2n) is 6.71. The first-order valence-corrected chi connectivity index (χ1v) is 8.47. The summed E-state index contributed by atoms with van der Waals surface area (Å²) in [5.41, 5.74) is 11.0. The van der Waals surface area contributed by atoms with Crippen LogP contribution in [-0.4, -0.2) is 37.7 Å². The van der Waals surface area contributed by atoms with Crippen LogP contribution in [-0.2, 0) is 12.8 Å². The number of hydrogen-bond donors (Lipinski definition) is 2. The Hall–Kier alpha value is -2.70. The fourth-order valence-electron chi connectivity index (χ4n) is 3.64. The van der Waals surface area contributed by atoms with Gasteiger partial charge in [0.15, 0.2) is 5.82 Å². The van der Waals surface area contributed by atoms with Crippen molar-refractivity contribution in [3.05, 3.63) is 23.5 Å². The molecule has 1 fully saturated rings. The van der Waals surface area contributed by atoms with Gasteiger partial charge in [0.25, 0.3) is 0 Å². The number of aromatic amines is 1. The van der Waals surface area contributed by atoms with Crippen LogP contribution in [0.25, 0.3) is 22.3 Å². The number of nitrogen functional groups attached to an aromatic ring is 1. The molecule has 1 saturated heterocycles. The molecule has 1 atom stereocenters. The fourth-order valence-corrected chi connectivity index (χ4v) is 3.64. The lowest BCUT2D eigenvalue weighted by Gasteiger charge is -2.39. The number of nitrogens with two attached hydrogens (primary N) is 1. The molecule has 0 radical (unpaired) electrons. The van der Waals surface area contributed by atoms with E-state index in [1.165, 1.54) is 17.7 Å². The lowest BCUT2D eigenvalue weighted by Crippen LogP contribution is -2.46. The van der Waals surface area contributed by atoms with Crippen molar-refractivity contribution < 1.29 is 0 Å². The van der Waals surface area contributed by atoms with E-state index in [2.05, 4.69) is 27.0 Å². The second-order valence-corrected chi connectivity index (χ2v) is 6.71. The van der Waals surface area contributed by atoms with E-state index >= 15 is 0 Å². The standard InChI is InChI=1S/C17H19N7/c1-9-5-6-24(9)17-20-12-4-2-3-10(12)15(21-17)13-7-11-14(8-19-13)22-23-16(11)18/h7-9H,2-6H2,1H3,(H3,18,22,23). The number of rotatable bonds is 2. The van der Waals surface area contributed by atoms with Crippen LogP contribution < -0.4 is 10.6 Å². The average molecular weight is 321 g/mol. The summed E-state index contributed by atoms with van der Waals surface area (Å²) < 4.78 is 0. The molecule has 0 spiro atoms. The molecule has 2 aliphatic rings. The van der Waals surface area contributed by atoms with Gasteiger partial charge in [-0.3, -0.25) is 10.1 Å². The first-order chi connectivity index (χ1) is 11.7. The van der Waals surface area contributed by atoms with Gasteiger partial charge in [-0.15, -0.1) is 0 Å². The monoisotopic (exact) mass is 321 g/mol. The van der Waals surface area contributed by atoms with Crippen molar-refractivity contribution >= 4 is 22.7 Å². The van der Waals surface area contributed by atoms with Crippen LogP contribution >= 0.6 is 0 Å². The molecular weight excluding hydrogens is 302 g/mol. The molecule has 7 nitrogen and oxygen atoms in total. The molecule has 4 heterocycles. The van der Waals surface area contributed by atoms with Gasteiger partial charge in [-0.25, -0.2) is 9.97 Å². The molecule has 1 aliphatic carbocycles. The quantitative estimate of drug-likeness (QED) is 0.750. The molecular formula is C17H19N7. The highest BCUT2D eigenvalue weighted by Crippen LogP contribution is 2.34. The van der Waals surface area contributed by atoms with Gasteiger partial charge in [-0.2, -0.15) is 5.10 Å². The van der Waals surface area contributed by atoms with Gasteiger partial charge in [-0.05, 0) is 38.7 Å². The molecule has 0 aromatic carbocycles. The molecule has 1 unspecified atom stereocenters. The Kier molecular flexibility index (Phi) is 2.80. The smallest absolute Gasteiger partial charge is 0.226 e. The Labute approximate surface area is 139 Å². The van der Waals surface area contributed by atoms with E-state index in [-0.39, 0.29) is 0 Å². The van der Waals surface area contributed by atoms with E-state index in [0.717, 1.165) is 54.0 Å². The number of nitrogens with one attached hydrogen (secondary N) is 1. The minimum absolute atomic E-state index is 0.496. The number of anilines is 2. The summed E-state index contributed by atoms with van der Waals surface area (Å²) in [5.74, 6) is 1.34. The van der Waals surface area contributed by atoms with E-state index in [0.29, 0.717) is 11.9 Å². The molecule has 7 heteroatoms. The van der Waals surface area contributed by atoms with Crippen LogP contribution in [0.1, 0.15) is 31.0 Å². The van der Waals surface area contributed by atoms with Crippen LogP contribution in [0.2, 0.25) is 0 Å². The van der Waals surface area contributed by atoms with Crippen molar-refractivity contribution in [2.75, 3.05) is 17.2 Å². The van der Waals surface area contributed by atoms with Crippen LogP contribution in [0.15, 0.2) is 12.3 Å². The molecule has 3 aromatic heterocycles. The highest BCUT2D eigenvalue weighted by Gasteiger charge is 2.29. The summed E-state index contributed by atoms with van der Waals surface area (Å²) in [5, 5.41) is 7.84. The number of pyridine rings is 1. The maximum atomic E-state index is 5.95. The SMILES string of the molecule is CC1CCN1c1nc2c(c(-c3cc4c(N)n[nH]c4cn3)n1)CCC2. The maximum absolute atomic E-state index is 5.95. The number of nitrogens with zero attached hydrogens (tertiary/aromatic N) is 5. The van der Waals surface area contributed by atoms with Crippen molar-refractivity contribution in [2.24, 2.45) is 0 Å². The van der Waals surface area contributed by atoms with Crippen molar-refractivity contribution in [1.82, 2.24) is 25.1 Å². The molecule has 1 aliphatic heterocycles. The second kappa shape index (κ2) is 4.90. The zero-order valence-corrected chi connectivity index (χ0v) is 13.6. The number of aryl methyl sites for hydroxylation is 1. The Morgan fingerprint density at radius 1 is 1.29 bits per heavy atom. The summed E-state index contributed by atoms with van der Waals surface area (Å²) in [7, 11) is 0. The normalized spacial score (nSPS) is 19.5. The summed E-state index contributed by atoms with van der Waals surface area (Å²) >= 11 is 0. The fraction of sp³-hybridized carbons (Fsp3) is 0.412. The zero-order chi connectivity index (χ0) is 16.3. The topological polar surface area (TPSA) is 96.6 Å². The Balaban J connectivity index is 1.69. The van der Waals surface area contributed by atoms with E-state index in [4.69, 9.17) is 15.7 Å². The van der Waals surface area contributed by atoms with Crippen molar-refractivity contribution in [3.8, 4) is 11.4 Å². The van der Waals surface area contributed by atoms with Gasteiger partial charge < -0.3 is 10.6 Å². The third-order valence-corrected chi connectivity index (χ3v) is 5.22. The van der Waals surface area contributed by atoms with E-state index in [1.54, 1.807) is 6.20 Å². The third-order valence-electron chi connectivity index (χ3n) is 5.22. The molecule has 122 valence electrons. The maximum Gasteiger partial charge on any atom is 0.226 e. The predicted octanol–water partition coefficient (Wildman–Crippen LogP) is 2.08. The molecule has 5 rings (SSSR count). The summed E-state index contributed by atoms with van der Waals surface area (Å²) in [6, 6.07) is 2.50. The van der Waals surface area contributed by atoms with Crippen LogP contribution in [0.4, 0.5) is 11.8 Å². The van der Waals surface area contributed by atoms with Gasteiger partial charge in [0.05, 0.1) is 23.1 Å². The largest absolute Gasteiger partial charge is 0.382 e. The summed E-state index contributed by atoms with van der Waals surface area (Å²) in [6.45, 7) is 3.25. The van der Waals surface area contributed by atoms with Gasteiger partial charge in [0.1, 0.15) is 0 Å². The van der Waals surface area contributed by atoms with Crippen molar-refractivity contribution in [2.45, 2.75) is 38.6 Å².